The molecule has 0 aliphatic heterocycles. The van der Waals surface area contributed by atoms with Gasteiger partial charge in [0.25, 0.3) is 5.91 Å². The quantitative estimate of drug-likeness (QED) is 0.704. The number of rotatable bonds is 4. The van der Waals surface area contributed by atoms with E-state index in [2.05, 4.69) is 25.9 Å². The highest BCUT2D eigenvalue weighted by atomic mass is 79.9. The Labute approximate surface area is 142 Å². The Kier molecular flexibility index (Phi) is 4.52. The lowest BCUT2D eigenvalue weighted by molar-refractivity contribution is -0.120. The number of amides is 1. The Morgan fingerprint density at radius 3 is 2.74 bits per heavy atom. The van der Waals surface area contributed by atoms with E-state index in [1.54, 1.807) is 11.9 Å². The van der Waals surface area contributed by atoms with E-state index in [0.717, 1.165) is 21.1 Å². The highest BCUT2D eigenvalue weighted by Gasteiger charge is 2.13. The van der Waals surface area contributed by atoms with Crippen LogP contribution in [0, 0.1) is 0 Å². The maximum absolute atomic E-state index is 12.3. The summed E-state index contributed by atoms with van der Waals surface area (Å²) in [4.78, 5) is 22.1. The van der Waals surface area contributed by atoms with Gasteiger partial charge in [-0.2, -0.15) is 0 Å². The number of ether oxygens (including phenoxy) is 1. The summed E-state index contributed by atoms with van der Waals surface area (Å²) < 4.78 is 6.52. The topological polar surface area (TPSA) is 55.3 Å². The number of benzene rings is 2. The Balaban J connectivity index is 1.76. The van der Waals surface area contributed by atoms with Crippen LogP contribution < -0.4 is 9.64 Å². The molecule has 116 valence electrons. The first-order valence-electron chi connectivity index (χ1n) is 7.00. The number of carbonyl (C=O) groups excluding carboxylic acids is 1. The van der Waals surface area contributed by atoms with Crippen molar-refractivity contribution < 1.29 is 9.53 Å². The van der Waals surface area contributed by atoms with E-state index in [1.807, 2.05) is 48.5 Å². The molecule has 1 aromatic heterocycles. The van der Waals surface area contributed by atoms with Crippen LogP contribution in [-0.4, -0.2) is 29.5 Å². The van der Waals surface area contributed by atoms with E-state index >= 15 is 0 Å². The Bertz CT molecular complexity index is 840. The van der Waals surface area contributed by atoms with Crippen molar-refractivity contribution in [1.82, 2.24) is 9.97 Å². The lowest BCUT2D eigenvalue weighted by Crippen LogP contribution is -2.31. The van der Waals surface area contributed by atoms with Crippen molar-refractivity contribution in [1.29, 1.82) is 0 Å². The van der Waals surface area contributed by atoms with Gasteiger partial charge in [-0.3, -0.25) is 4.79 Å². The summed E-state index contributed by atoms with van der Waals surface area (Å²) in [5.74, 6) is 0.240. The predicted molar refractivity (Wildman–Crippen MR) is 92.6 cm³/mol. The molecule has 0 aliphatic carbocycles. The van der Waals surface area contributed by atoms with E-state index in [4.69, 9.17) is 4.74 Å². The van der Waals surface area contributed by atoms with Crippen molar-refractivity contribution in [3.63, 3.8) is 0 Å². The summed E-state index contributed by atoms with van der Waals surface area (Å²) in [5.41, 5.74) is 1.58. The number of halogens is 1. The molecule has 1 amide bonds. The zero-order valence-corrected chi connectivity index (χ0v) is 14.0. The first kappa shape index (κ1) is 15.4. The van der Waals surface area contributed by atoms with Crippen LogP contribution in [0.5, 0.6) is 5.88 Å². The van der Waals surface area contributed by atoms with Gasteiger partial charge in [0.15, 0.2) is 6.61 Å². The number of hydrogen-bond acceptors (Lipinski definition) is 4. The van der Waals surface area contributed by atoms with Gasteiger partial charge in [-0.05, 0) is 30.3 Å². The summed E-state index contributed by atoms with van der Waals surface area (Å²) in [6.07, 6.45) is 1.43. The minimum Gasteiger partial charge on any atom is -0.467 e. The number of aromatic nitrogens is 2. The molecule has 5 nitrogen and oxygen atoms in total. The van der Waals surface area contributed by atoms with Gasteiger partial charge >= 0.3 is 0 Å². The van der Waals surface area contributed by atoms with E-state index in [-0.39, 0.29) is 12.5 Å². The minimum atomic E-state index is -0.155. The number of carbonyl (C=O) groups is 1. The van der Waals surface area contributed by atoms with Gasteiger partial charge in [-0.1, -0.05) is 34.1 Å². The van der Waals surface area contributed by atoms with Gasteiger partial charge in [0.1, 0.15) is 6.33 Å². The van der Waals surface area contributed by atoms with E-state index in [1.165, 1.54) is 6.33 Å². The molecule has 0 unspecified atom stereocenters. The lowest BCUT2D eigenvalue weighted by atomic mass is 10.2. The van der Waals surface area contributed by atoms with Crippen LogP contribution in [-0.2, 0) is 4.79 Å². The number of likely N-dealkylation sites (N-methyl/N-ethyl adjacent to an activating group) is 1. The molecule has 0 saturated carbocycles. The molecule has 3 rings (SSSR count). The summed E-state index contributed by atoms with van der Waals surface area (Å²) >= 11 is 3.41. The number of fused-ring (bicyclic) bond motifs is 1. The molecule has 0 N–H and O–H groups in total. The van der Waals surface area contributed by atoms with Crippen molar-refractivity contribution in [2.45, 2.75) is 0 Å². The van der Waals surface area contributed by atoms with Gasteiger partial charge in [0.05, 0.1) is 10.9 Å². The molecule has 3 aromatic rings. The largest absolute Gasteiger partial charge is 0.467 e. The highest BCUT2D eigenvalue weighted by Crippen LogP contribution is 2.25. The molecule has 0 saturated heterocycles. The van der Waals surface area contributed by atoms with Crippen LogP contribution in [0.25, 0.3) is 10.9 Å². The standard InChI is InChI=1S/C17H14BrN3O2/c1-21(13-5-3-2-4-6-13)16(22)10-23-17-14-9-12(18)7-8-15(14)19-11-20-17/h2-9,11H,10H2,1H3. The molecule has 0 aliphatic rings. The Hall–Kier alpha value is -2.47. The molecule has 6 heteroatoms. The van der Waals surface area contributed by atoms with E-state index in [0.29, 0.717) is 5.88 Å². The van der Waals surface area contributed by atoms with Crippen molar-refractivity contribution >= 4 is 38.4 Å². The number of nitrogens with zero attached hydrogens (tertiary/aromatic N) is 3. The summed E-state index contributed by atoms with van der Waals surface area (Å²) in [5, 5.41) is 0.761. The zero-order chi connectivity index (χ0) is 16.2. The van der Waals surface area contributed by atoms with Crippen molar-refractivity contribution in [2.75, 3.05) is 18.6 Å². The summed E-state index contributed by atoms with van der Waals surface area (Å²) in [7, 11) is 1.72. The second-order valence-electron chi connectivity index (χ2n) is 4.92. The van der Waals surface area contributed by atoms with E-state index < -0.39 is 0 Å². The van der Waals surface area contributed by atoms with Crippen molar-refractivity contribution in [2.24, 2.45) is 0 Å². The third-order valence-corrected chi connectivity index (χ3v) is 3.90. The molecular weight excluding hydrogens is 358 g/mol. The average molecular weight is 372 g/mol. The molecule has 1 heterocycles. The third kappa shape index (κ3) is 3.48. The molecule has 0 atom stereocenters. The fourth-order valence-electron chi connectivity index (χ4n) is 2.14. The van der Waals surface area contributed by atoms with Crippen LogP contribution >= 0.6 is 15.9 Å². The smallest absolute Gasteiger partial charge is 0.264 e. The first-order valence-corrected chi connectivity index (χ1v) is 7.79. The molecular formula is C17H14BrN3O2. The SMILES string of the molecule is CN(C(=O)COc1ncnc2ccc(Br)cc12)c1ccccc1. The third-order valence-electron chi connectivity index (χ3n) is 3.41. The van der Waals surface area contributed by atoms with Crippen molar-refractivity contribution in [3.8, 4) is 5.88 Å². The average Bonchev–Trinajstić information content (AvgIpc) is 2.59. The van der Waals surface area contributed by atoms with Crippen LogP contribution in [0.2, 0.25) is 0 Å². The monoisotopic (exact) mass is 371 g/mol. The van der Waals surface area contributed by atoms with Crippen LogP contribution in [0.4, 0.5) is 5.69 Å². The van der Waals surface area contributed by atoms with Gasteiger partial charge in [-0.25, -0.2) is 9.97 Å². The molecule has 0 bridgehead atoms. The number of anilines is 1. The number of para-hydroxylation sites is 1. The molecule has 0 radical (unpaired) electrons. The fourth-order valence-corrected chi connectivity index (χ4v) is 2.50. The van der Waals surface area contributed by atoms with Crippen LogP contribution in [0.1, 0.15) is 0 Å². The first-order chi connectivity index (χ1) is 11.1. The second-order valence-corrected chi connectivity index (χ2v) is 5.83. The van der Waals surface area contributed by atoms with Gasteiger partial charge in [-0.15, -0.1) is 0 Å². The zero-order valence-electron chi connectivity index (χ0n) is 12.4. The molecule has 0 spiro atoms. The second kappa shape index (κ2) is 6.75. The van der Waals surface area contributed by atoms with Crippen LogP contribution in [0.15, 0.2) is 59.3 Å². The maximum atomic E-state index is 12.3. The minimum absolute atomic E-state index is 0.0932. The van der Waals surface area contributed by atoms with Gasteiger partial charge in [0, 0.05) is 17.2 Å². The van der Waals surface area contributed by atoms with Gasteiger partial charge < -0.3 is 9.64 Å². The van der Waals surface area contributed by atoms with Gasteiger partial charge in [0.2, 0.25) is 5.88 Å². The Morgan fingerprint density at radius 2 is 1.96 bits per heavy atom. The molecule has 0 fully saturated rings. The lowest BCUT2D eigenvalue weighted by Gasteiger charge is -2.17. The van der Waals surface area contributed by atoms with Crippen molar-refractivity contribution in [3.05, 3.63) is 59.3 Å². The highest BCUT2D eigenvalue weighted by molar-refractivity contribution is 9.10. The number of hydrogen-bond donors (Lipinski definition) is 0. The molecule has 23 heavy (non-hydrogen) atoms. The predicted octanol–water partition coefficient (Wildman–Crippen LogP) is 3.43. The van der Waals surface area contributed by atoms with E-state index in [9.17, 15) is 4.79 Å². The van der Waals surface area contributed by atoms with Crippen LogP contribution in [0.3, 0.4) is 0 Å². The summed E-state index contributed by atoms with van der Waals surface area (Å²) in [6.45, 7) is -0.0932. The Morgan fingerprint density at radius 1 is 1.17 bits per heavy atom. The maximum Gasteiger partial charge on any atom is 0.264 e. The summed E-state index contributed by atoms with van der Waals surface area (Å²) in [6, 6.07) is 15.0. The normalized spacial score (nSPS) is 10.5. The fraction of sp³-hybridized carbons (Fsp3) is 0.118. The molecule has 2 aromatic carbocycles.